The van der Waals surface area contributed by atoms with Crippen molar-refractivity contribution in [3.05, 3.63) is 57.6 Å². The Kier molecular flexibility index (Phi) is 4.76. The van der Waals surface area contributed by atoms with Crippen molar-refractivity contribution in [1.82, 2.24) is 0 Å². The van der Waals surface area contributed by atoms with Gasteiger partial charge in [-0.05, 0) is 60.7 Å². The first-order valence-electron chi connectivity index (χ1n) is 7.45. The molecule has 0 saturated carbocycles. The molecule has 0 aromatic heterocycles. The number of hydrogen-bond donors (Lipinski definition) is 1. The van der Waals surface area contributed by atoms with Crippen molar-refractivity contribution in [2.75, 3.05) is 11.9 Å². The van der Waals surface area contributed by atoms with Gasteiger partial charge in [-0.1, -0.05) is 22.0 Å². The van der Waals surface area contributed by atoms with E-state index in [9.17, 15) is 9.59 Å². The van der Waals surface area contributed by atoms with Gasteiger partial charge in [-0.25, -0.2) is 0 Å². The van der Waals surface area contributed by atoms with E-state index in [1.165, 1.54) is 17.5 Å². The lowest BCUT2D eigenvalue weighted by molar-refractivity contribution is -0.118. The van der Waals surface area contributed by atoms with Gasteiger partial charge in [0.05, 0.1) is 5.56 Å². The first-order valence-corrected chi connectivity index (χ1v) is 8.24. The topological polar surface area (TPSA) is 55.4 Å². The Labute approximate surface area is 143 Å². The summed E-state index contributed by atoms with van der Waals surface area (Å²) in [6.45, 7) is -0.139. The van der Waals surface area contributed by atoms with E-state index >= 15 is 0 Å². The van der Waals surface area contributed by atoms with Crippen LogP contribution < -0.4 is 10.1 Å². The maximum Gasteiger partial charge on any atom is 0.262 e. The number of hydrogen-bond acceptors (Lipinski definition) is 3. The van der Waals surface area contributed by atoms with Crippen LogP contribution in [0.15, 0.2) is 40.9 Å². The SMILES string of the molecule is O=Cc1cc(Br)ccc1OCC(=O)Nc1ccc2c(c1)CCC2. The van der Waals surface area contributed by atoms with E-state index in [0.717, 1.165) is 23.0 Å². The summed E-state index contributed by atoms with van der Waals surface area (Å²) in [5, 5.41) is 2.83. The minimum absolute atomic E-state index is 0.139. The summed E-state index contributed by atoms with van der Waals surface area (Å²) in [6.07, 6.45) is 4.06. The second-order valence-corrected chi connectivity index (χ2v) is 6.39. The third-order valence-corrected chi connectivity index (χ3v) is 4.33. The smallest absolute Gasteiger partial charge is 0.262 e. The minimum Gasteiger partial charge on any atom is -0.483 e. The van der Waals surface area contributed by atoms with Crippen LogP contribution in [0.25, 0.3) is 0 Å². The number of halogens is 1. The van der Waals surface area contributed by atoms with E-state index in [4.69, 9.17) is 4.74 Å². The summed E-state index contributed by atoms with van der Waals surface area (Å²) in [5.74, 6) is 0.148. The predicted octanol–water partition coefficient (Wildman–Crippen LogP) is 3.77. The van der Waals surface area contributed by atoms with Gasteiger partial charge in [0, 0.05) is 10.2 Å². The van der Waals surface area contributed by atoms with E-state index in [1.807, 2.05) is 12.1 Å². The molecule has 0 radical (unpaired) electrons. The molecule has 0 heterocycles. The Hall–Kier alpha value is -2.14. The number of fused-ring (bicyclic) bond motifs is 1. The Morgan fingerprint density at radius 1 is 1.17 bits per heavy atom. The number of ether oxygens (including phenoxy) is 1. The number of anilines is 1. The number of rotatable bonds is 5. The second-order valence-electron chi connectivity index (χ2n) is 5.47. The third-order valence-electron chi connectivity index (χ3n) is 3.84. The largest absolute Gasteiger partial charge is 0.483 e. The number of amides is 1. The van der Waals surface area contributed by atoms with E-state index in [0.29, 0.717) is 17.6 Å². The zero-order valence-corrected chi connectivity index (χ0v) is 14.1. The monoisotopic (exact) mass is 373 g/mol. The van der Waals surface area contributed by atoms with Crippen molar-refractivity contribution in [3.63, 3.8) is 0 Å². The van der Waals surface area contributed by atoms with Gasteiger partial charge in [0.1, 0.15) is 5.75 Å². The Morgan fingerprint density at radius 2 is 2.00 bits per heavy atom. The van der Waals surface area contributed by atoms with Gasteiger partial charge in [-0.2, -0.15) is 0 Å². The zero-order chi connectivity index (χ0) is 16.2. The molecule has 4 nitrogen and oxygen atoms in total. The summed E-state index contributed by atoms with van der Waals surface area (Å²) in [7, 11) is 0. The van der Waals surface area contributed by atoms with Crippen LogP contribution in [-0.4, -0.2) is 18.8 Å². The summed E-state index contributed by atoms with van der Waals surface area (Å²) in [6, 6.07) is 11.1. The zero-order valence-electron chi connectivity index (χ0n) is 12.5. The van der Waals surface area contributed by atoms with Crippen LogP contribution in [0.1, 0.15) is 27.9 Å². The summed E-state index contributed by atoms with van der Waals surface area (Å²) in [5.41, 5.74) is 3.86. The van der Waals surface area contributed by atoms with Crippen molar-refractivity contribution in [1.29, 1.82) is 0 Å². The van der Waals surface area contributed by atoms with Gasteiger partial charge in [-0.3, -0.25) is 9.59 Å². The molecule has 0 bridgehead atoms. The van der Waals surface area contributed by atoms with Gasteiger partial charge >= 0.3 is 0 Å². The van der Waals surface area contributed by atoms with Gasteiger partial charge in [-0.15, -0.1) is 0 Å². The normalized spacial score (nSPS) is 12.6. The molecule has 1 aliphatic rings. The fraction of sp³-hybridized carbons (Fsp3) is 0.222. The van der Waals surface area contributed by atoms with Crippen LogP contribution in [0.5, 0.6) is 5.75 Å². The highest BCUT2D eigenvalue weighted by Crippen LogP contribution is 2.25. The first kappa shape index (κ1) is 15.7. The van der Waals surface area contributed by atoms with Gasteiger partial charge < -0.3 is 10.1 Å². The van der Waals surface area contributed by atoms with Crippen molar-refractivity contribution < 1.29 is 14.3 Å². The van der Waals surface area contributed by atoms with Crippen molar-refractivity contribution in [3.8, 4) is 5.75 Å². The van der Waals surface area contributed by atoms with Crippen LogP contribution in [-0.2, 0) is 17.6 Å². The third kappa shape index (κ3) is 3.79. The standard InChI is InChI=1S/C18H16BrNO3/c19-15-5-7-17(14(8-15)10-21)23-11-18(22)20-16-6-4-12-2-1-3-13(12)9-16/h4-10H,1-3,11H2,(H,20,22). The molecule has 1 amide bonds. The molecule has 1 N–H and O–H groups in total. The van der Waals surface area contributed by atoms with E-state index in [2.05, 4.69) is 27.3 Å². The lowest BCUT2D eigenvalue weighted by atomic mass is 10.1. The lowest BCUT2D eigenvalue weighted by Crippen LogP contribution is -2.20. The fourth-order valence-corrected chi connectivity index (χ4v) is 3.11. The van der Waals surface area contributed by atoms with Crippen LogP contribution >= 0.6 is 15.9 Å². The summed E-state index contributed by atoms with van der Waals surface area (Å²) >= 11 is 3.29. The highest BCUT2D eigenvalue weighted by atomic mass is 79.9. The summed E-state index contributed by atoms with van der Waals surface area (Å²) in [4.78, 5) is 23.0. The van der Waals surface area contributed by atoms with Crippen molar-refractivity contribution in [2.45, 2.75) is 19.3 Å². The Morgan fingerprint density at radius 3 is 2.83 bits per heavy atom. The molecule has 0 atom stereocenters. The minimum atomic E-state index is -0.247. The molecular weight excluding hydrogens is 358 g/mol. The molecule has 23 heavy (non-hydrogen) atoms. The maximum atomic E-state index is 12.0. The molecule has 0 spiro atoms. The average molecular weight is 374 g/mol. The number of benzene rings is 2. The Balaban J connectivity index is 1.61. The van der Waals surface area contributed by atoms with Gasteiger partial charge in [0.25, 0.3) is 5.91 Å². The number of aryl methyl sites for hydroxylation is 2. The lowest BCUT2D eigenvalue weighted by Gasteiger charge is -2.10. The van der Waals surface area contributed by atoms with E-state index in [1.54, 1.807) is 18.2 Å². The molecule has 2 aromatic carbocycles. The molecule has 0 aliphatic heterocycles. The maximum absolute atomic E-state index is 12.0. The summed E-state index contributed by atoms with van der Waals surface area (Å²) < 4.78 is 6.23. The highest BCUT2D eigenvalue weighted by molar-refractivity contribution is 9.10. The van der Waals surface area contributed by atoms with Crippen LogP contribution in [0.4, 0.5) is 5.69 Å². The quantitative estimate of drug-likeness (QED) is 0.811. The van der Waals surface area contributed by atoms with Crippen molar-refractivity contribution >= 4 is 33.8 Å². The molecule has 0 saturated heterocycles. The van der Waals surface area contributed by atoms with Crippen LogP contribution in [0, 0.1) is 0 Å². The molecular formula is C18H16BrNO3. The van der Waals surface area contributed by atoms with Gasteiger partial charge in [0.2, 0.25) is 0 Å². The number of aldehydes is 1. The fourth-order valence-electron chi connectivity index (χ4n) is 2.73. The molecule has 3 rings (SSSR count). The molecule has 2 aromatic rings. The molecule has 118 valence electrons. The highest BCUT2D eigenvalue weighted by Gasteiger charge is 2.12. The molecule has 0 fully saturated rings. The van der Waals surface area contributed by atoms with Crippen molar-refractivity contribution in [2.24, 2.45) is 0 Å². The molecule has 5 heteroatoms. The second kappa shape index (κ2) is 6.96. The number of carbonyl (C=O) groups is 2. The van der Waals surface area contributed by atoms with Crippen LogP contribution in [0.2, 0.25) is 0 Å². The average Bonchev–Trinajstić information content (AvgIpc) is 3.01. The molecule has 1 aliphatic carbocycles. The van der Waals surface area contributed by atoms with E-state index < -0.39 is 0 Å². The molecule has 0 unspecified atom stereocenters. The Bertz CT molecular complexity index is 758. The van der Waals surface area contributed by atoms with E-state index in [-0.39, 0.29) is 12.5 Å². The predicted molar refractivity (Wildman–Crippen MR) is 92.1 cm³/mol. The number of carbonyl (C=O) groups excluding carboxylic acids is 2. The van der Waals surface area contributed by atoms with Gasteiger partial charge in [0.15, 0.2) is 12.9 Å². The number of nitrogens with one attached hydrogen (secondary N) is 1. The van der Waals surface area contributed by atoms with Crippen LogP contribution in [0.3, 0.4) is 0 Å². The first-order chi connectivity index (χ1) is 11.2.